The Morgan fingerprint density at radius 3 is 1.94 bits per heavy atom. The first kappa shape index (κ1) is 43.0. The van der Waals surface area contributed by atoms with Gasteiger partial charge in [0.25, 0.3) is 0 Å². The van der Waals surface area contributed by atoms with Gasteiger partial charge in [0.05, 0.1) is 12.2 Å². The lowest BCUT2D eigenvalue weighted by Crippen LogP contribution is -2.25. The number of aliphatic hydroxyl groups excluding tert-OH is 3. The fraction of sp³-hybridized carbons (Fsp3) is 0.821. The zero-order valence-electron chi connectivity index (χ0n) is 29.9. The normalized spacial score (nSPS) is 19.6. The zero-order chi connectivity index (χ0) is 34.7. The predicted molar refractivity (Wildman–Crippen MR) is 188 cm³/mol. The lowest BCUT2D eigenvalue weighted by atomic mass is 9.90. The van der Waals surface area contributed by atoms with E-state index in [1.54, 1.807) is 12.2 Å². The Labute approximate surface area is 285 Å². The Bertz CT molecular complexity index is 882. The van der Waals surface area contributed by atoms with Gasteiger partial charge in [0.1, 0.15) is 25.1 Å². The van der Waals surface area contributed by atoms with Crippen LogP contribution in [0.5, 0.6) is 0 Å². The van der Waals surface area contributed by atoms with Gasteiger partial charge in [-0.15, -0.1) is 0 Å². The quantitative estimate of drug-likeness (QED) is 0.0417. The van der Waals surface area contributed by atoms with Gasteiger partial charge in [-0.1, -0.05) is 129 Å². The highest BCUT2D eigenvalue weighted by Crippen LogP contribution is 2.33. The summed E-state index contributed by atoms with van der Waals surface area (Å²) in [6.45, 7) is 6.28. The van der Waals surface area contributed by atoms with Gasteiger partial charge in [0, 0.05) is 31.1 Å². The van der Waals surface area contributed by atoms with Crippen LogP contribution in [0.1, 0.15) is 156 Å². The molecule has 1 aliphatic rings. The Balaban J connectivity index is 2.07. The number of hydrogen-bond acceptors (Lipinski definition) is 8. The number of hydrogen-bond donors (Lipinski definition) is 3. The summed E-state index contributed by atoms with van der Waals surface area (Å²) >= 11 is 0. The van der Waals surface area contributed by atoms with Crippen LogP contribution in [-0.4, -0.2) is 64.6 Å². The number of aliphatic hydroxyl groups is 3. The summed E-state index contributed by atoms with van der Waals surface area (Å²) in [5.41, 5.74) is 0. The van der Waals surface area contributed by atoms with Crippen molar-refractivity contribution in [3.63, 3.8) is 0 Å². The van der Waals surface area contributed by atoms with Crippen LogP contribution < -0.4 is 0 Å². The highest BCUT2D eigenvalue weighted by molar-refractivity contribution is 5.86. The van der Waals surface area contributed by atoms with Crippen LogP contribution in [0.3, 0.4) is 0 Å². The van der Waals surface area contributed by atoms with E-state index < -0.39 is 30.2 Å². The SMILES string of the molecule is CCCCC[C@H](O)/C=C/[C@H]1C(=O)C[C@H](O)[C@@H]1C/C=C\CCCC(=O)OC[C@@H](O)COC(=O)CCCCCCCCCCCCC(C)C. The fourth-order valence-electron chi connectivity index (χ4n) is 6.02. The molecule has 1 aliphatic carbocycles. The van der Waals surface area contributed by atoms with Crippen LogP contribution in [0.2, 0.25) is 0 Å². The molecule has 0 saturated heterocycles. The average molecular weight is 665 g/mol. The molecule has 1 saturated carbocycles. The van der Waals surface area contributed by atoms with Crippen LogP contribution in [0, 0.1) is 17.8 Å². The average Bonchev–Trinajstić information content (AvgIpc) is 3.30. The molecule has 0 unspecified atom stereocenters. The van der Waals surface area contributed by atoms with Crippen molar-refractivity contribution in [2.24, 2.45) is 17.8 Å². The molecule has 0 bridgehead atoms. The zero-order valence-corrected chi connectivity index (χ0v) is 29.9. The molecule has 47 heavy (non-hydrogen) atoms. The molecule has 0 aromatic carbocycles. The van der Waals surface area contributed by atoms with Gasteiger partial charge in [-0.05, 0) is 38.0 Å². The van der Waals surface area contributed by atoms with E-state index in [-0.39, 0.29) is 43.7 Å². The van der Waals surface area contributed by atoms with Gasteiger partial charge in [-0.3, -0.25) is 14.4 Å². The summed E-state index contributed by atoms with van der Waals surface area (Å²) in [7, 11) is 0. The minimum Gasteiger partial charge on any atom is -0.463 e. The monoisotopic (exact) mass is 664 g/mol. The van der Waals surface area contributed by atoms with Crippen molar-refractivity contribution >= 4 is 17.7 Å². The summed E-state index contributed by atoms with van der Waals surface area (Å²) < 4.78 is 10.3. The molecule has 8 nitrogen and oxygen atoms in total. The third-order valence-electron chi connectivity index (χ3n) is 8.99. The topological polar surface area (TPSA) is 130 Å². The Kier molecular flexibility index (Phi) is 25.5. The van der Waals surface area contributed by atoms with Gasteiger partial charge < -0.3 is 24.8 Å². The molecule has 0 aromatic heterocycles. The smallest absolute Gasteiger partial charge is 0.305 e. The minimum atomic E-state index is -1.05. The molecule has 0 aliphatic heterocycles. The number of carbonyl (C=O) groups excluding carboxylic acids is 3. The van der Waals surface area contributed by atoms with Crippen molar-refractivity contribution in [2.45, 2.75) is 174 Å². The van der Waals surface area contributed by atoms with Crippen molar-refractivity contribution < 1.29 is 39.2 Å². The molecule has 0 spiro atoms. The Hall–Kier alpha value is -2.03. The van der Waals surface area contributed by atoms with E-state index in [9.17, 15) is 29.7 Å². The molecule has 8 heteroatoms. The second-order valence-electron chi connectivity index (χ2n) is 14.0. The van der Waals surface area contributed by atoms with Crippen LogP contribution in [0.4, 0.5) is 0 Å². The lowest BCUT2D eigenvalue weighted by Gasteiger charge is -2.17. The second-order valence-corrected chi connectivity index (χ2v) is 14.0. The van der Waals surface area contributed by atoms with E-state index in [0.717, 1.165) is 44.4 Å². The van der Waals surface area contributed by atoms with Gasteiger partial charge in [-0.2, -0.15) is 0 Å². The van der Waals surface area contributed by atoms with Crippen LogP contribution >= 0.6 is 0 Å². The van der Waals surface area contributed by atoms with Crippen molar-refractivity contribution in [1.82, 2.24) is 0 Å². The largest absolute Gasteiger partial charge is 0.463 e. The van der Waals surface area contributed by atoms with Crippen molar-refractivity contribution in [3.05, 3.63) is 24.3 Å². The third kappa shape index (κ3) is 23.0. The number of rotatable bonds is 29. The number of esters is 2. The molecular weight excluding hydrogens is 596 g/mol. The molecular formula is C39H68O8. The van der Waals surface area contributed by atoms with Crippen LogP contribution in [-0.2, 0) is 23.9 Å². The van der Waals surface area contributed by atoms with E-state index >= 15 is 0 Å². The van der Waals surface area contributed by atoms with E-state index in [2.05, 4.69) is 20.8 Å². The van der Waals surface area contributed by atoms with Crippen molar-refractivity contribution in [2.75, 3.05) is 13.2 Å². The van der Waals surface area contributed by atoms with Gasteiger partial charge >= 0.3 is 11.9 Å². The Morgan fingerprint density at radius 2 is 1.34 bits per heavy atom. The van der Waals surface area contributed by atoms with E-state index in [4.69, 9.17) is 9.47 Å². The molecule has 272 valence electrons. The molecule has 0 heterocycles. The van der Waals surface area contributed by atoms with Gasteiger partial charge in [-0.25, -0.2) is 0 Å². The molecule has 5 atom stereocenters. The second kappa shape index (κ2) is 27.9. The van der Waals surface area contributed by atoms with Crippen molar-refractivity contribution in [1.29, 1.82) is 0 Å². The van der Waals surface area contributed by atoms with Crippen LogP contribution in [0.25, 0.3) is 0 Å². The van der Waals surface area contributed by atoms with E-state index in [1.165, 1.54) is 51.4 Å². The maximum atomic E-state index is 12.4. The molecule has 1 rings (SSSR count). The van der Waals surface area contributed by atoms with Crippen LogP contribution in [0.15, 0.2) is 24.3 Å². The van der Waals surface area contributed by atoms with Crippen molar-refractivity contribution in [3.8, 4) is 0 Å². The number of carbonyl (C=O) groups is 3. The summed E-state index contributed by atoms with van der Waals surface area (Å²) in [6.07, 6.45) is 24.6. The highest BCUT2D eigenvalue weighted by Gasteiger charge is 2.39. The maximum Gasteiger partial charge on any atom is 0.305 e. The number of ether oxygens (including phenoxy) is 2. The summed E-state index contributed by atoms with van der Waals surface area (Å²) in [5, 5.41) is 30.6. The summed E-state index contributed by atoms with van der Waals surface area (Å²) in [6, 6.07) is 0. The molecule has 0 aromatic rings. The van der Waals surface area contributed by atoms with E-state index in [0.29, 0.717) is 32.1 Å². The molecule has 1 fully saturated rings. The number of unbranched alkanes of at least 4 members (excludes halogenated alkanes) is 12. The molecule has 3 N–H and O–H groups in total. The number of Topliss-reactive ketones (excluding diaryl/α,β-unsaturated/α-hetero) is 1. The Morgan fingerprint density at radius 1 is 0.787 bits per heavy atom. The summed E-state index contributed by atoms with van der Waals surface area (Å²) in [5.74, 6) is -0.552. The minimum absolute atomic E-state index is 0.00186. The molecule has 0 radical (unpaired) electrons. The predicted octanol–water partition coefficient (Wildman–Crippen LogP) is 7.95. The summed E-state index contributed by atoms with van der Waals surface area (Å²) in [4.78, 5) is 36.4. The first-order valence-corrected chi connectivity index (χ1v) is 18.8. The van der Waals surface area contributed by atoms with Gasteiger partial charge in [0.15, 0.2) is 0 Å². The van der Waals surface area contributed by atoms with E-state index in [1.807, 2.05) is 12.2 Å². The number of ketones is 1. The highest BCUT2D eigenvalue weighted by atomic mass is 16.6. The number of allylic oxidation sites excluding steroid dienone is 3. The third-order valence-corrected chi connectivity index (χ3v) is 8.99. The fourth-order valence-corrected chi connectivity index (χ4v) is 6.02. The van der Waals surface area contributed by atoms with Gasteiger partial charge in [0.2, 0.25) is 0 Å². The first-order valence-electron chi connectivity index (χ1n) is 18.8. The maximum absolute atomic E-state index is 12.4. The first-order chi connectivity index (χ1) is 22.6. The standard InChI is InChI=1S/C39H68O8/c1-4-5-16-22-32(40)26-27-35-34(36(42)28-37(35)43)23-18-14-15-20-25-39(45)47-30-33(41)29-46-38(44)24-19-13-11-9-7-6-8-10-12-17-21-31(2)3/h14,18,26-27,31-36,40-42H,4-13,15-17,19-25,28-30H2,1-3H3/b18-14-,27-26+/t32-,33-,34+,35+,36-/m0/s1. The lowest BCUT2D eigenvalue weighted by molar-refractivity contribution is -0.152. The molecule has 0 amide bonds.